The van der Waals surface area contributed by atoms with Crippen molar-refractivity contribution >= 4 is 9.84 Å². The highest BCUT2D eigenvalue weighted by molar-refractivity contribution is 7.92. The third-order valence-electron chi connectivity index (χ3n) is 5.95. The second-order valence-corrected chi connectivity index (χ2v) is 10.8. The van der Waals surface area contributed by atoms with E-state index in [1.807, 2.05) is 0 Å². The maximum atomic E-state index is 12.6. The van der Waals surface area contributed by atoms with Gasteiger partial charge in [0.2, 0.25) is 0 Å². The minimum absolute atomic E-state index is 0.307. The topological polar surface area (TPSA) is 54.4 Å². The van der Waals surface area contributed by atoms with E-state index in [0.717, 1.165) is 12.0 Å². The molecule has 3 nitrogen and oxygen atoms in total. The Kier molecular flexibility index (Phi) is 4.59. The van der Waals surface area contributed by atoms with Gasteiger partial charge in [-0.1, -0.05) is 52.3 Å². The lowest BCUT2D eigenvalue weighted by atomic mass is 9.73. The van der Waals surface area contributed by atoms with Crippen molar-refractivity contribution in [3.63, 3.8) is 0 Å². The molecule has 0 saturated carbocycles. The van der Waals surface area contributed by atoms with Crippen molar-refractivity contribution in [1.82, 2.24) is 0 Å². The number of fused-ring (bicyclic) bond motifs is 2. The Labute approximate surface area is 146 Å². The van der Waals surface area contributed by atoms with Crippen LogP contribution in [0.2, 0.25) is 0 Å². The lowest BCUT2D eigenvalue weighted by molar-refractivity contribution is 0.00301. The molecule has 2 atom stereocenters. The summed E-state index contributed by atoms with van der Waals surface area (Å²) >= 11 is 0. The summed E-state index contributed by atoms with van der Waals surface area (Å²) in [6, 6.07) is 6.27. The number of sulfone groups is 1. The molecule has 2 bridgehead atoms. The highest BCUT2D eigenvalue weighted by Crippen LogP contribution is 2.49. The third kappa shape index (κ3) is 2.82. The lowest BCUT2D eigenvalue weighted by Crippen LogP contribution is -2.51. The number of hydrogen-bond donors (Lipinski definition) is 1. The molecule has 134 valence electrons. The molecule has 2 heterocycles. The molecule has 2 unspecified atom stereocenters. The van der Waals surface area contributed by atoms with E-state index in [1.165, 1.54) is 11.1 Å². The summed E-state index contributed by atoms with van der Waals surface area (Å²) in [6.45, 7) is 8.58. The van der Waals surface area contributed by atoms with E-state index in [1.54, 1.807) is 0 Å². The Hall–Kier alpha value is -0.870. The molecule has 2 aliphatic rings. The van der Waals surface area contributed by atoms with Crippen molar-refractivity contribution in [2.75, 3.05) is 0 Å². The van der Waals surface area contributed by atoms with Crippen LogP contribution in [0.1, 0.15) is 88.3 Å². The van der Waals surface area contributed by atoms with Crippen LogP contribution in [0.4, 0.5) is 0 Å². The van der Waals surface area contributed by atoms with Gasteiger partial charge in [-0.3, -0.25) is 0 Å². The molecule has 0 radical (unpaired) electrons. The molecule has 0 spiro atoms. The molecule has 24 heavy (non-hydrogen) atoms. The van der Waals surface area contributed by atoms with Gasteiger partial charge in [-0.2, -0.15) is 0 Å². The molecular formula is C20H30O3S. The van der Waals surface area contributed by atoms with Crippen LogP contribution in [-0.4, -0.2) is 24.0 Å². The molecule has 2 fully saturated rings. The summed E-state index contributed by atoms with van der Waals surface area (Å²) in [5.41, 5.74) is 2.34. The Morgan fingerprint density at radius 2 is 1.46 bits per heavy atom. The normalized spacial score (nSPS) is 32.3. The van der Waals surface area contributed by atoms with Crippen LogP contribution in [0.15, 0.2) is 18.2 Å². The van der Waals surface area contributed by atoms with E-state index < -0.39 is 15.4 Å². The molecular weight excluding hydrogens is 320 g/mol. The molecule has 0 aromatic heterocycles. The van der Waals surface area contributed by atoms with Gasteiger partial charge >= 0.3 is 0 Å². The van der Waals surface area contributed by atoms with Crippen LogP contribution < -0.4 is 0 Å². The fourth-order valence-electron chi connectivity index (χ4n) is 4.74. The van der Waals surface area contributed by atoms with Gasteiger partial charge < -0.3 is 5.11 Å². The Balaban J connectivity index is 2.15. The van der Waals surface area contributed by atoms with Gasteiger partial charge in [-0.05, 0) is 54.2 Å². The number of aliphatic hydroxyl groups is 1. The molecule has 0 aliphatic carbocycles. The maximum Gasteiger partial charge on any atom is 0.156 e. The van der Waals surface area contributed by atoms with E-state index >= 15 is 0 Å². The molecule has 1 N–H and O–H groups in total. The molecule has 2 aliphatic heterocycles. The standard InChI is InChI=1S/C20H30O3S/c1-13(2)17-9-6-10-18(14(3)4)19(17)20(21)11-15-7-5-8-16(12-20)24(15,22)23/h6,9-10,13-16,21H,5,7-8,11-12H2,1-4H3. The van der Waals surface area contributed by atoms with E-state index in [-0.39, 0.29) is 10.5 Å². The maximum absolute atomic E-state index is 12.6. The van der Waals surface area contributed by atoms with Crippen molar-refractivity contribution in [3.05, 3.63) is 34.9 Å². The molecule has 1 aromatic rings. The SMILES string of the molecule is CC(C)c1cccc(C(C)C)c1C1(O)CC2CCCC(C1)S2(=O)=O. The predicted octanol–water partition coefficient (Wildman–Crippen LogP) is 4.25. The minimum Gasteiger partial charge on any atom is -0.385 e. The molecule has 2 saturated heterocycles. The van der Waals surface area contributed by atoms with Crippen molar-refractivity contribution in [2.45, 2.75) is 87.7 Å². The van der Waals surface area contributed by atoms with Gasteiger partial charge in [0.1, 0.15) is 0 Å². The highest BCUT2D eigenvalue weighted by atomic mass is 32.2. The molecule has 1 aromatic carbocycles. The van der Waals surface area contributed by atoms with Gasteiger partial charge in [0.25, 0.3) is 0 Å². The average molecular weight is 351 g/mol. The van der Waals surface area contributed by atoms with Crippen LogP contribution in [0.3, 0.4) is 0 Å². The predicted molar refractivity (Wildman–Crippen MR) is 98.1 cm³/mol. The fourth-order valence-corrected chi connectivity index (χ4v) is 7.29. The van der Waals surface area contributed by atoms with Gasteiger partial charge in [-0.15, -0.1) is 0 Å². The molecule has 0 amide bonds. The Morgan fingerprint density at radius 1 is 1.00 bits per heavy atom. The fraction of sp³-hybridized carbons (Fsp3) is 0.700. The first-order valence-electron chi connectivity index (χ1n) is 9.25. The van der Waals surface area contributed by atoms with Crippen molar-refractivity contribution < 1.29 is 13.5 Å². The quantitative estimate of drug-likeness (QED) is 0.886. The van der Waals surface area contributed by atoms with E-state index in [0.29, 0.717) is 37.5 Å². The first-order chi connectivity index (χ1) is 11.2. The second kappa shape index (κ2) is 6.14. The van der Waals surface area contributed by atoms with E-state index in [9.17, 15) is 13.5 Å². The van der Waals surface area contributed by atoms with Gasteiger partial charge in [0, 0.05) is 0 Å². The Morgan fingerprint density at radius 3 is 1.88 bits per heavy atom. The second-order valence-electron chi connectivity index (χ2n) is 8.32. The number of benzene rings is 1. The smallest absolute Gasteiger partial charge is 0.156 e. The van der Waals surface area contributed by atoms with Crippen LogP contribution in [-0.2, 0) is 15.4 Å². The number of rotatable bonds is 3. The van der Waals surface area contributed by atoms with Crippen LogP contribution in [0, 0.1) is 0 Å². The first-order valence-corrected chi connectivity index (χ1v) is 10.9. The summed E-state index contributed by atoms with van der Waals surface area (Å²) in [6.07, 6.45) is 3.07. The van der Waals surface area contributed by atoms with E-state index in [4.69, 9.17) is 0 Å². The van der Waals surface area contributed by atoms with Crippen molar-refractivity contribution in [1.29, 1.82) is 0 Å². The third-order valence-corrected chi connectivity index (χ3v) is 8.61. The highest BCUT2D eigenvalue weighted by Gasteiger charge is 2.52. The van der Waals surface area contributed by atoms with E-state index in [2.05, 4.69) is 45.9 Å². The van der Waals surface area contributed by atoms with Gasteiger partial charge in [-0.25, -0.2) is 8.42 Å². The first kappa shape index (κ1) is 17.9. The van der Waals surface area contributed by atoms with Crippen molar-refractivity contribution in [2.24, 2.45) is 0 Å². The summed E-state index contributed by atoms with van der Waals surface area (Å²) in [5, 5.41) is 10.9. The van der Waals surface area contributed by atoms with Crippen LogP contribution >= 0.6 is 0 Å². The Bertz CT molecular complexity index is 672. The zero-order chi connectivity index (χ0) is 17.7. The number of hydrogen-bond acceptors (Lipinski definition) is 3. The largest absolute Gasteiger partial charge is 0.385 e. The molecule has 4 heteroatoms. The summed E-state index contributed by atoms with van der Waals surface area (Å²) < 4.78 is 25.3. The summed E-state index contributed by atoms with van der Waals surface area (Å²) in [5.74, 6) is 0.613. The summed E-state index contributed by atoms with van der Waals surface area (Å²) in [7, 11) is -3.07. The zero-order valence-electron chi connectivity index (χ0n) is 15.2. The summed E-state index contributed by atoms with van der Waals surface area (Å²) in [4.78, 5) is 0. The lowest BCUT2D eigenvalue weighted by Gasteiger charge is -2.46. The monoisotopic (exact) mass is 350 g/mol. The zero-order valence-corrected chi connectivity index (χ0v) is 16.1. The minimum atomic E-state index is -3.07. The molecule has 3 rings (SSSR count). The van der Waals surface area contributed by atoms with Crippen molar-refractivity contribution in [3.8, 4) is 0 Å². The average Bonchev–Trinajstić information content (AvgIpc) is 2.48. The van der Waals surface area contributed by atoms with Gasteiger partial charge in [0.05, 0.1) is 16.1 Å². The van der Waals surface area contributed by atoms with Crippen LogP contribution in [0.25, 0.3) is 0 Å². The van der Waals surface area contributed by atoms with Crippen LogP contribution in [0.5, 0.6) is 0 Å². The van der Waals surface area contributed by atoms with Gasteiger partial charge in [0.15, 0.2) is 9.84 Å².